The number of hydrogen-bond donors (Lipinski definition) is 1. The van der Waals surface area contributed by atoms with Crippen molar-refractivity contribution in [1.29, 1.82) is 0 Å². The van der Waals surface area contributed by atoms with E-state index in [1.165, 1.54) is 20.0 Å². The zero-order valence-corrected chi connectivity index (χ0v) is 11.5. The summed E-state index contributed by atoms with van der Waals surface area (Å²) in [5, 5.41) is 3.77. The molecule has 1 aliphatic carbocycles. The quantitative estimate of drug-likeness (QED) is 0.831. The van der Waals surface area contributed by atoms with Crippen LogP contribution in [0.5, 0.6) is 0 Å². The lowest BCUT2D eigenvalue weighted by Gasteiger charge is -2.17. The maximum Gasteiger partial charge on any atom is 0.306 e. The Labute approximate surface area is 112 Å². The van der Waals surface area contributed by atoms with Crippen molar-refractivity contribution in [2.24, 2.45) is 5.92 Å². The molecule has 1 unspecified atom stereocenters. The third kappa shape index (κ3) is 2.96. The monoisotopic (exact) mass is 267 g/mol. The first-order valence-corrected chi connectivity index (χ1v) is 6.57. The van der Waals surface area contributed by atoms with Gasteiger partial charge in [-0.1, -0.05) is 17.7 Å². The molecule has 0 radical (unpaired) electrons. The van der Waals surface area contributed by atoms with Crippen LogP contribution >= 0.6 is 11.6 Å². The lowest BCUT2D eigenvalue weighted by Crippen LogP contribution is -2.10. The lowest BCUT2D eigenvalue weighted by atomic mass is 9.91. The fourth-order valence-corrected chi connectivity index (χ4v) is 2.50. The third-order valence-corrected chi connectivity index (χ3v) is 3.82. The molecular formula is C14H18ClNO2. The van der Waals surface area contributed by atoms with E-state index in [-0.39, 0.29) is 11.9 Å². The van der Waals surface area contributed by atoms with Crippen LogP contribution in [-0.4, -0.2) is 20.1 Å². The second kappa shape index (κ2) is 5.61. The van der Waals surface area contributed by atoms with Gasteiger partial charge in [0.05, 0.1) is 24.2 Å². The Bertz CT molecular complexity index is 443. The molecule has 98 valence electrons. The minimum Gasteiger partial charge on any atom is -0.469 e. The standard InChI is InChI=1S/C14H18ClNO2/c1-16-13-7-10(5-6-12(13)15)11(9-3-4-9)8-14(17)18-2/h5-7,9,11,16H,3-4,8H2,1-2H3. The van der Waals surface area contributed by atoms with E-state index in [0.29, 0.717) is 17.4 Å². The van der Waals surface area contributed by atoms with Crippen molar-refractivity contribution in [2.45, 2.75) is 25.2 Å². The van der Waals surface area contributed by atoms with Gasteiger partial charge in [-0.2, -0.15) is 0 Å². The molecule has 1 aromatic carbocycles. The highest BCUT2D eigenvalue weighted by molar-refractivity contribution is 6.33. The Balaban J connectivity index is 2.22. The van der Waals surface area contributed by atoms with Crippen LogP contribution in [0.25, 0.3) is 0 Å². The van der Waals surface area contributed by atoms with Crippen LogP contribution in [0.15, 0.2) is 18.2 Å². The maximum atomic E-state index is 11.5. The summed E-state index contributed by atoms with van der Waals surface area (Å²) in [6.45, 7) is 0. The summed E-state index contributed by atoms with van der Waals surface area (Å²) in [5.41, 5.74) is 2.07. The average molecular weight is 268 g/mol. The second-order valence-electron chi connectivity index (χ2n) is 4.71. The fraction of sp³-hybridized carbons (Fsp3) is 0.500. The van der Waals surface area contributed by atoms with Crippen LogP contribution in [0.4, 0.5) is 5.69 Å². The Hall–Kier alpha value is -1.22. The van der Waals surface area contributed by atoms with Gasteiger partial charge in [-0.25, -0.2) is 0 Å². The van der Waals surface area contributed by atoms with E-state index in [0.717, 1.165) is 11.3 Å². The molecule has 1 saturated carbocycles. The minimum atomic E-state index is -0.146. The normalized spacial score (nSPS) is 16.2. The molecule has 0 spiro atoms. The minimum absolute atomic E-state index is 0.146. The Morgan fingerprint density at radius 3 is 2.83 bits per heavy atom. The van der Waals surface area contributed by atoms with E-state index >= 15 is 0 Å². The highest BCUT2D eigenvalue weighted by Gasteiger charge is 2.34. The van der Waals surface area contributed by atoms with Crippen LogP contribution in [0, 0.1) is 5.92 Å². The largest absolute Gasteiger partial charge is 0.469 e. The van der Waals surface area contributed by atoms with Crippen molar-refractivity contribution in [3.05, 3.63) is 28.8 Å². The number of carbonyl (C=O) groups excluding carboxylic acids is 1. The van der Waals surface area contributed by atoms with E-state index in [1.807, 2.05) is 25.2 Å². The molecule has 4 heteroatoms. The number of nitrogens with one attached hydrogen (secondary N) is 1. The summed E-state index contributed by atoms with van der Waals surface area (Å²) >= 11 is 6.08. The van der Waals surface area contributed by atoms with Gasteiger partial charge >= 0.3 is 5.97 Å². The molecule has 0 heterocycles. The topological polar surface area (TPSA) is 38.3 Å². The smallest absolute Gasteiger partial charge is 0.306 e. The van der Waals surface area contributed by atoms with Gasteiger partial charge in [0.1, 0.15) is 0 Å². The number of halogens is 1. The molecule has 0 aliphatic heterocycles. The summed E-state index contributed by atoms with van der Waals surface area (Å²) in [6.07, 6.45) is 2.84. The molecule has 1 aromatic rings. The number of methoxy groups -OCH3 is 1. The number of rotatable bonds is 5. The summed E-state index contributed by atoms with van der Waals surface area (Å²) in [5.74, 6) is 0.713. The van der Waals surface area contributed by atoms with Gasteiger partial charge in [-0.05, 0) is 42.4 Å². The molecule has 1 aliphatic rings. The lowest BCUT2D eigenvalue weighted by molar-refractivity contribution is -0.141. The zero-order chi connectivity index (χ0) is 13.1. The SMILES string of the molecule is CNc1cc(C(CC(=O)OC)C2CC2)ccc1Cl. The highest BCUT2D eigenvalue weighted by atomic mass is 35.5. The molecule has 18 heavy (non-hydrogen) atoms. The molecule has 1 fully saturated rings. The van der Waals surface area contributed by atoms with Crippen molar-refractivity contribution in [2.75, 3.05) is 19.5 Å². The Morgan fingerprint density at radius 2 is 2.28 bits per heavy atom. The molecule has 1 N–H and O–H groups in total. The summed E-state index contributed by atoms with van der Waals surface area (Å²) in [7, 11) is 3.28. The zero-order valence-electron chi connectivity index (χ0n) is 10.7. The van der Waals surface area contributed by atoms with Crippen LogP contribution in [0.1, 0.15) is 30.7 Å². The number of esters is 1. The molecule has 2 rings (SSSR count). The van der Waals surface area contributed by atoms with E-state index in [2.05, 4.69) is 5.32 Å². The Kier molecular flexibility index (Phi) is 4.12. The number of carbonyl (C=O) groups is 1. The highest BCUT2D eigenvalue weighted by Crippen LogP contribution is 2.45. The molecule has 0 amide bonds. The van der Waals surface area contributed by atoms with Gasteiger partial charge in [0.15, 0.2) is 0 Å². The van der Waals surface area contributed by atoms with E-state index in [9.17, 15) is 4.79 Å². The summed E-state index contributed by atoms with van der Waals surface area (Å²) in [4.78, 5) is 11.5. The van der Waals surface area contributed by atoms with Gasteiger partial charge in [-0.15, -0.1) is 0 Å². The summed E-state index contributed by atoms with van der Waals surface area (Å²) < 4.78 is 4.78. The van der Waals surface area contributed by atoms with Crippen molar-refractivity contribution in [3.63, 3.8) is 0 Å². The van der Waals surface area contributed by atoms with Crippen molar-refractivity contribution < 1.29 is 9.53 Å². The molecule has 3 nitrogen and oxygen atoms in total. The first-order chi connectivity index (χ1) is 8.65. The van der Waals surface area contributed by atoms with Gasteiger partial charge in [0, 0.05) is 7.05 Å². The van der Waals surface area contributed by atoms with Gasteiger partial charge in [0.25, 0.3) is 0 Å². The predicted octanol–water partition coefficient (Wildman–Crippen LogP) is 3.44. The summed E-state index contributed by atoms with van der Waals surface area (Å²) in [6, 6.07) is 5.93. The van der Waals surface area contributed by atoms with Crippen molar-refractivity contribution >= 4 is 23.3 Å². The van der Waals surface area contributed by atoms with Crippen LogP contribution in [0.2, 0.25) is 5.02 Å². The van der Waals surface area contributed by atoms with Crippen LogP contribution in [0.3, 0.4) is 0 Å². The first-order valence-electron chi connectivity index (χ1n) is 6.19. The second-order valence-corrected chi connectivity index (χ2v) is 5.12. The predicted molar refractivity (Wildman–Crippen MR) is 73.1 cm³/mol. The van der Waals surface area contributed by atoms with Crippen molar-refractivity contribution in [3.8, 4) is 0 Å². The molecule has 1 atom stereocenters. The molecule has 0 aromatic heterocycles. The first kappa shape index (κ1) is 13.2. The van der Waals surface area contributed by atoms with Gasteiger partial charge in [0.2, 0.25) is 0 Å². The third-order valence-electron chi connectivity index (χ3n) is 3.49. The number of hydrogen-bond acceptors (Lipinski definition) is 3. The van der Waals surface area contributed by atoms with E-state index in [4.69, 9.17) is 16.3 Å². The number of ether oxygens (including phenoxy) is 1. The fourth-order valence-electron chi connectivity index (χ4n) is 2.28. The maximum absolute atomic E-state index is 11.5. The van der Waals surface area contributed by atoms with Crippen LogP contribution < -0.4 is 5.32 Å². The average Bonchev–Trinajstić information content (AvgIpc) is 3.20. The van der Waals surface area contributed by atoms with Gasteiger partial charge < -0.3 is 10.1 Å². The number of anilines is 1. The van der Waals surface area contributed by atoms with Crippen LogP contribution in [-0.2, 0) is 9.53 Å². The molecular weight excluding hydrogens is 250 g/mol. The molecule has 0 bridgehead atoms. The van der Waals surface area contributed by atoms with Gasteiger partial charge in [-0.3, -0.25) is 4.79 Å². The van der Waals surface area contributed by atoms with E-state index in [1.54, 1.807) is 0 Å². The van der Waals surface area contributed by atoms with Crippen molar-refractivity contribution in [1.82, 2.24) is 0 Å². The number of benzene rings is 1. The van der Waals surface area contributed by atoms with E-state index < -0.39 is 0 Å². The molecule has 0 saturated heterocycles. The Morgan fingerprint density at radius 1 is 1.56 bits per heavy atom.